The van der Waals surface area contributed by atoms with Gasteiger partial charge in [0.2, 0.25) is 0 Å². The fourth-order valence-electron chi connectivity index (χ4n) is 3.21. The van der Waals surface area contributed by atoms with Crippen LogP contribution in [-0.4, -0.2) is 37.6 Å². The van der Waals surface area contributed by atoms with E-state index in [1.54, 1.807) is 0 Å². The van der Waals surface area contributed by atoms with E-state index in [0.29, 0.717) is 6.42 Å². The Hall–Kier alpha value is 0.540. The second-order valence-corrected chi connectivity index (χ2v) is 9.20. The monoisotopic (exact) mass is 427 g/mol. The van der Waals surface area contributed by atoms with Crippen molar-refractivity contribution in [3.8, 4) is 0 Å². The molecule has 5 nitrogen and oxygen atoms in total. The molecule has 0 bridgehead atoms. The molecule has 0 aliphatic heterocycles. The molecule has 0 radical (unpaired) electrons. The zero-order chi connectivity index (χ0) is 20.2. The van der Waals surface area contributed by atoms with Gasteiger partial charge in [-0.25, -0.2) is 8.42 Å². The van der Waals surface area contributed by atoms with E-state index in [1.807, 2.05) is 0 Å². The van der Waals surface area contributed by atoms with Gasteiger partial charge < -0.3 is 9.87 Å². The third-order valence-corrected chi connectivity index (χ3v) is 5.61. The van der Waals surface area contributed by atoms with Gasteiger partial charge in [0.05, 0.1) is 22.4 Å². The molecule has 0 rings (SSSR count). The van der Waals surface area contributed by atoms with Gasteiger partial charge in [-0.2, -0.15) is 0 Å². The van der Waals surface area contributed by atoms with E-state index in [-0.39, 0.29) is 48.4 Å². The number of carbonyl (C=O) groups is 1. The smallest absolute Gasteiger partial charge is 0.748 e. The van der Waals surface area contributed by atoms with Crippen molar-refractivity contribution in [2.24, 2.45) is 0 Å². The quantitative estimate of drug-likeness (QED) is 0.172. The molecule has 162 valence electrons. The number of hydrogen-bond donors (Lipinski definition) is 1. The zero-order valence-electron chi connectivity index (χ0n) is 18.5. The fourth-order valence-corrected chi connectivity index (χ4v) is 3.60. The van der Waals surface area contributed by atoms with Crippen LogP contribution in [0, 0.1) is 0 Å². The van der Waals surface area contributed by atoms with Crippen LogP contribution in [0.5, 0.6) is 0 Å². The summed E-state index contributed by atoms with van der Waals surface area (Å²) < 4.78 is 31.3. The van der Waals surface area contributed by atoms with Crippen molar-refractivity contribution in [2.45, 2.75) is 110 Å². The standard InChI is InChI=1S/C21H43NO4S.Na/c1-2-3-4-5-6-7-8-9-10-11-12-13-14-15-16-17-21(23)20-22-18-19-27(24,25)26;/h22H,2-20H2,1H3,(H,24,25,26);/q;+1/p-1. The molecule has 0 aromatic rings. The topological polar surface area (TPSA) is 86.3 Å². The van der Waals surface area contributed by atoms with E-state index in [9.17, 15) is 17.8 Å². The van der Waals surface area contributed by atoms with Gasteiger partial charge in [-0.3, -0.25) is 4.79 Å². The molecule has 1 N–H and O–H groups in total. The predicted molar refractivity (Wildman–Crippen MR) is 112 cm³/mol. The minimum Gasteiger partial charge on any atom is -0.748 e. The van der Waals surface area contributed by atoms with E-state index >= 15 is 0 Å². The van der Waals surface area contributed by atoms with Crippen LogP contribution in [0.25, 0.3) is 0 Å². The summed E-state index contributed by atoms with van der Waals surface area (Å²) in [5.74, 6) is -0.368. The largest absolute Gasteiger partial charge is 1.00 e. The molecule has 0 aliphatic rings. The summed E-state index contributed by atoms with van der Waals surface area (Å²) in [7, 11) is -4.19. The molecule has 0 unspecified atom stereocenters. The number of ketones is 1. The Kier molecular flexibility index (Phi) is 24.4. The van der Waals surface area contributed by atoms with Crippen molar-refractivity contribution in [3.05, 3.63) is 0 Å². The number of Topliss-reactive ketones (excluding diaryl/α,β-unsaturated/α-hetero) is 1. The first-order valence-corrected chi connectivity index (χ1v) is 12.7. The Morgan fingerprint density at radius 3 is 1.54 bits per heavy atom. The first-order chi connectivity index (χ1) is 13.0. The maximum absolute atomic E-state index is 11.6. The Bertz CT molecular complexity index is 444. The van der Waals surface area contributed by atoms with E-state index in [4.69, 9.17) is 0 Å². The van der Waals surface area contributed by atoms with Gasteiger partial charge in [-0.05, 0) is 6.42 Å². The van der Waals surface area contributed by atoms with Crippen LogP contribution in [0.1, 0.15) is 110 Å². The van der Waals surface area contributed by atoms with Gasteiger partial charge in [0.15, 0.2) is 0 Å². The number of nitrogens with one attached hydrogen (secondary N) is 1. The summed E-state index contributed by atoms with van der Waals surface area (Å²) in [6.07, 6.45) is 20.1. The number of unbranched alkanes of at least 4 members (excludes halogenated alkanes) is 14. The number of carbonyl (C=O) groups excluding carboxylic acids is 1. The average Bonchev–Trinajstić information content (AvgIpc) is 2.61. The van der Waals surface area contributed by atoms with Crippen molar-refractivity contribution in [2.75, 3.05) is 18.8 Å². The second kappa shape index (κ2) is 22.2. The fraction of sp³-hybridized carbons (Fsp3) is 0.952. The molecule has 0 aliphatic carbocycles. The second-order valence-electron chi connectivity index (χ2n) is 7.68. The summed E-state index contributed by atoms with van der Waals surface area (Å²) in [6, 6.07) is 0. The molecule has 0 heterocycles. The summed E-state index contributed by atoms with van der Waals surface area (Å²) in [5, 5.41) is 2.72. The molecule has 0 aromatic carbocycles. The predicted octanol–water partition coefficient (Wildman–Crippen LogP) is 1.96. The summed E-state index contributed by atoms with van der Waals surface area (Å²) >= 11 is 0. The summed E-state index contributed by atoms with van der Waals surface area (Å²) in [6.45, 7) is 2.47. The molecule has 0 aromatic heterocycles. The van der Waals surface area contributed by atoms with Crippen LogP contribution in [0.2, 0.25) is 0 Å². The molecule has 0 atom stereocenters. The van der Waals surface area contributed by atoms with Crippen molar-refractivity contribution in [3.63, 3.8) is 0 Å². The molecule has 7 heteroatoms. The van der Waals surface area contributed by atoms with Crippen LogP contribution in [0.15, 0.2) is 0 Å². The van der Waals surface area contributed by atoms with Crippen molar-refractivity contribution in [1.29, 1.82) is 0 Å². The first kappa shape index (κ1) is 30.7. The molecular weight excluding hydrogens is 385 g/mol. The average molecular weight is 428 g/mol. The van der Waals surface area contributed by atoms with Gasteiger partial charge in [0.1, 0.15) is 5.78 Å². The van der Waals surface area contributed by atoms with E-state index in [0.717, 1.165) is 12.8 Å². The van der Waals surface area contributed by atoms with Gasteiger partial charge >= 0.3 is 29.6 Å². The maximum atomic E-state index is 11.6. The normalized spacial score (nSPS) is 11.4. The Balaban J connectivity index is 0. The maximum Gasteiger partial charge on any atom is 1.00 e. The summed E-state index contributed by atoms with van der Waals surface area (Å²) in [5.41, 5.74) is 0. The molecule has 0 saturated heterocycles. The number of rotatable bonds is 21. The first-order valence-electron chi connectivity index (χ1n) is 11.1. The van der Waals surface area contributed by atoms with Crippen molar-refractivity contribution in [1.82, 2.24) is 5.32 Å². The van der Waals surface area contributed by atoms with Crippen molar-refractivity contribution >= 4 is 15.9 Å². The Morgan fingerprint density at radius 1 is 0.750 bits per heavy atom. The SMILES string of the molecule is CCCCCCCCCCCCCCCCCC(=O)CNCCS(=O)(=O)[O-].[Na+]. The Labute approximate surface area is 196 Å². The molecular formula is C21H42NNaO4S. The van der Waals surface area contributed by atoms with Crippen LogP contribution >= 0.6 is 0 Å². The van der Waals surface area contributed by atoms with E-state index in [2.05, 4.69) is 12.2 Å². The molecule has 0 amide bonds. The van der Waals surface area contributed by atoms with Gasteiger partial charge in [0, 0.05) is 13.0 Å². The minimum absolute atomic E-state index is 0. The summed E-state index contributed by atoms with van der Waals surface area (Å²) in [4.78, 5) is 11.6. The van der Waals surface area contributed by atoms with Crippen molar-refractivity contribution < 1.29 is 47.3 Å². The zero-order valence-corrected chi connectivity index (χ0v) is 21.3. The van der Waals surface area contributed by atoms with Crippen LogP contribution in [0.4, 0.5) is 0 Å². The van der Waals surface area contributed by atoms with Crippen LogP contribution in [0.3, 0.4) is 0 Å². The van der Waals surface area contributed by atoms with Crippen LogP contribution < -0.4 is 34.9 Å². The third kappa shape index (κ3) is 26.5. The van der Waals surface area contributed by atoms with Crippen LogP contribution in [-0.2, 0) is 14.9 Å². The van der Waals surface area contributed by atoms with Gasteiger partial charge in [-0.1, -0.05) is 96.8 Å². The molecule has 28 heavy (non-hydrogen) atoms. The molecule has 0 saturated carbocycles. The van der Waals surface area contributed by atoms with E-state index < -0.39 is 15.9 Å². The third-order valence-electron chi connectivity index (χ3n) is 4.91. The van der Waals surface area contributed by atoms with E-state index in [1.165, 1.54) is 83.5 Å². The molecule has 0 spiro atoms. The van der Waals surface area contributed by atoms with Gasteiger partial charge in [-0.15, -0.1) is 0 Å². The minimum atomic E-state index is -4.19. The van der Waals surface area contributed by atoms with Gasteiger partial charge in [0.25, 0.3) is 0 Å². The number of hydrogen-bond acceptors (Lipinski definition) is 5. The Morgan fingerprint density at radius 2 is 1.14 bits per heavy atom. The molecule has 0 fully saturated rings.